The van der Waals surface area contributed by atoms with Gasteiger partial charge in [-0.15, -0.1) is 0 Å². The van der Waals surface area contributed by atoms with Gasteiger partial charge >= 0.3 is 0 Å². The van der Waals surface area contributed by atoms with Crippen molar-refractivity contribution in [3.05, 3.63) is 0 Å². The molecule has 72 valence electrons. The summed E-state index contributed by atoms with van der Waals surface area (Å²) in [4.78, 5) is 0. The average molecular weight is 171 g/mol. The first-order valence-electron chi connectivity index (χ1n) is 5.09. The van der Waals surface area contributed by atoms with Crippen molar-refractivity contribution in [2.45, 2.75) is 44.6 Å². The van der Waals surface area contributed by atoms with Crippen molar-refractivity contribution in [1.29, 1.82) is 0 Å². The number of hydrogen-bond donors (Lipinski definition) is 1. The average Bonchev–Trinajstić information content (AvgIpc) is 2.16. The van der Waals surface area contributed by atoms with Gasteiger partial charge in [0.05, 0.1) is 6.10 Å². The molecule has 0 radical (unpaired) electrons. The Morgan fingerprint density at radius 2 is 2.00 bits per heavy atom. The SMILES string of the molecule is COC(CN)CC1CCCCC1. The van der Waals surface area contributed by atoms with Crippen LogP contribution in [0.2, 0.25) is 0 Å². The van der Waals surface area contributed by atoms with E-state index in [1.54, 1.807) is 7.11 Å². The molecule has 1 rings (SSSR count). The molecule has 2 nitrogen and oxygen atoms in total. The molecule has 0 heterocycles. The largest absolute Gasteiger partial charge is 0.380 e. The van der Waals surface area contributed by atoms with Gasteiger partial charge in [-0.3, -0.25) is 0 Å². The Balaban J connectivity index is 2.18. The Hall–Kier alpha value is -0.0800. The molecule has 0 aromatic carbocycles. The topological polar surface area (TPSA) is 35.2 Å². The fourth-order valence-electron chi connectivity index (χ4n) is 2.08. The quantitative estimate of drug-likeness (QED) is 0.701. The first kappa shape index (κ1) is 10.0. The predicted molar refractivity (Wildman–Crippen MR) is 51.0 cm³/mol. The second-order valence-electron chi connectivity index (χ2n) is 3.83. The van der Waals surface area contributed by atoms with Crippen LogP contribution in [0.25, 0.3) is 0 Å². The lowest BCUT2D eigenvalue weighted by Crippen LogP contribution is -2.26. The summed E-state index contributed by atoms with van der Waals surface area (Å²) in [6.07, 6.45) is 8.49. The minimum Gasteiger partial charge on any atom is -0.380 e. The third-order valence-corrected chi connectivity index (χ3v) is 2.92. The molecule has 0 bridgehead atoms. The molecule has 2 heteroatoms. The van der Waals surface area contributed by atoms with E-state index in [0.29, 0.717) is 12.6 Å². The zero-order chi connectivity index (χ0) is 8.81. The molecule has 1 aliphatic carbocycles. The zero-order valence-corrected chi connectivity index (χ0v) is 8.09. The van der Waals surface area contributed by atoms with E-state index < -0.39 is 0 Å². The van der Waals surface area contributed by atoms with Crippen molar-refractivity contribution >= 4 is 0 Å². The number of rotatable bonds is 4. The lowest BCUT2D eigenvalue weighted by molar-refractivity contribution is 0.0800. The first-order chi connectivity index (χ1) is 5.86. The van der Waals surface area contributed by atoms with Crippen molar-refractivity contribution in [1.82, 2.24) is 0 Å². The highest BCUT2D eigenvalue weighted by Gasteiger charge is 2.17. The maximum Gasteiger partial charge on any atom is 0.0696 e. The molecule has 1 unspecified atom stereocenters. The third kappa shape index (κ3) is 3.11. The standard InChI is InChI=1S/C10H21NO/c1-12-10(8-11)7-9-5-3-2-4-6-9/h9-10H,2-8,11H2,1H3. The normalized spacial score (nSPS) is 22.5. The van der Waals surface area contributed by atoms with Crippen LogP contribution in [-0.2, 0) is 4.74 Å². The van der Waals surface area contributed by atoms with Gasteiger partial charge in [0.1, 0.15) is 0 Å². The van der Waals surface area contributed by atoms with Gasteiger partial charge in [0.2, 0.25) is 0 Å². The first-order valence-corrected chi connectivity index (χ1v) is 5.09. The molecule has 0 aromatic heterocycles. The van der Waals surface area contributed by atoms with E-state index in [2.05, 4.69) is 0 Å². The van der Waals surface area contributed by atoms with Crippen molar-refractivity contribution in [3.63, 3.8) is 0 Å². The summed E-state index contributed by atoms with van der Waals surface area (Å²) in [5, 5.41) is 0. The van der Waals surface area contributed by atoms with E-state index >= 15 is 0 Å². The van der Waals surface area contributed by atoms with E-state index in [0.717, 1.165) is 5.92 Å². The second kappa shape index (κ2) is 5.55. The molecule has 2 N–H and O–H groups in total. The van der Waals surface area contributed by atoms with Gasteiger partial charge in [-0.25, -0.2) is 0 Å². The highest BCUT2D eigenvalue weighted by atomic mass is 16.5. The number of methoxy groups -OCH3 is 1. The van der Waals surface area contributed by atoms with Crippen molar-refractivity contribution in [2.24, 2.45) is 11.7 Å². The molecule has 0 saturated heterocycles. The van der Waals surface area contributed by atoms with E-state index in [1.807, 2.05) is 0 Å². The minimum atomic E-state index is 0.299. The Kier molecular flexibility index (Phi) is 4.62. The van der Waals surface area contributed by atoms with E-state index in [4.69, 9.17) is 10.5 Å². The maximum absolute atomic E-state index is 5.58. The van der Waals surface area contributed by atoms with Crippen molar-refractivity contribution < 1.29 is 4.74 Å². The highest BCUT2D eigenvalue weighted by Crippen LogP contribution is 2.27. The second-order valence-corrected chi connectivity index (χ2v) is 3.83. The summed E-state index contributed by atoms with van der Waals surface area (Å²) >= 11 is 0. The fraction of sp³-hybridized carbons (Fsp3) is 1.00. The number of nitrogens with two attached hydrogens (primary N) is 1. The summed E-state index contributed by atoms with van der Waals surface area (Å²) < 4.78 is 5.28. The van der Waals surface area contributed by atoms with Gasteiger partial charge in [0, 0.05) is 13.7 Å². The van der Waals surface area contributed by atoms with Gasteiger partial charge in [0.25, 0.3) is 0 Å². The Labute approximate surface area is 75.5 Å². The summed E-state index contributed by atoms with van der Waals surface area (Å²) in [6, 6.07) is 0. The minimum absolute atomic E-state index is 0.299. The molecule has 1 fully saturated rings. The maximum atomic E-state index is 5.58. The summed E-state index contributed by atoms with van der Waals surface area (Å²) in [5.41, 5.74) is 5.58. The molecule has 0 amide bonds. The molecular weight excluding hydrogens is 150 g/mol. The number of hydrogen-bond acceptors (Lipinski definition) is 2. The Bertz CT molecular complexity index is 106. The summed E-state index contributed by atoms with van der Waals surface area (Å²) in [6.45, 7) is 0.674. The van der Waals surface area contributed by atoms with Crippen LogP contribution in [0.15, 0.2) is 0 Å². The highest BCUT2D eigenvalue weighted by molar-refractivity contribution is 4.70. The fourth-order valence-corrected chi connectivity index (χ4v) is 2.08. The lowest BCUT2D eigenvalue weighted by Gasteiger charge is -2.24. The van der Waals surface area contributed by atoms with Crippen molar-refractivity contribution in [3.8, 4) is 0 Å². The molecule has 12 heavy (non-hydrogen) atoms. The van der Waals surface area contributed by atoms with Crippen LogP contribution in [0.3, 0.4) is 0 Å². The Morgan fingerprint density at radius 3 is 2.50 bits per heavy atom. The van der Waals surface area contributed by atoms with Crippen molar-refractivity contribution in [2.75, 3.05) is 13.7 Å². The van der Waals surface area contributed by atoms with Crippen LogP contribution in [0.1, 0.15) is 38.5 Å². The molecule has 1 atom stereocenters. The van der Waals surface area contributed by atoms with Crippen LogP contribution >= 0.6 is 0 Å². The molecule has 1 aliphatic rings. The lowest BCUT2D eigenvalue weighted by atomic mass is 9.85. The molecule has 0 spiro atoms. The van der Waals surface area contributed by atoms with Gasteiger partial charge in [-0.1, -0.05) is 32.1 Å². The van der Waals surface area contributed by atoms with Crippen LogP contribution < -0.4 is 5.73 Å². The molecule has 1 saturated carbocycles. The van der Waals surface area contributed by atoms with Gasteiger partial charge in [0.15, 0.2) is 0 Å². The van der Waals surface area contributed by atoms with Gasteiger partial charge < -0.3 is 10.5 Å². The van der Waals surface area contributed by atoms with Crippen LogP contribution in [0, 0.1) is 5.92 Å². The third-order valence-electron chi connectivity index (χ3n) is 2.92. The van der Waals surface area contributed by atoms with E-state index in [9.17, 15) is 0 Å². The van der Waals surface area contributed by atoms with Crippen LogP contribution in [0.4, 0.5) is 0 Å². The van der Waals surface area contributed by atoms with E-state index in [-0.39, 0.29) is 0 Å². The zero-order valence-electron chi connectivity index (χ0n) is 8.09. The van der Waals surface area contributed by atoms with Crippen LogP contribution in [0.5, 0.6) is 0 Å². The molecular formula is C10H21NO. The van der Waals surface area contributed by atoms with Crippen LogP contribution in [-0.4, -0.2) is 19.8 Å². The Morgan fingerprint density at radius 1 is 1.33 bits per heavy atom. The molecule has 0 aliphatic heterocycles. The molecule has 0 aromatic rings. The summed E-state index contributed by atoms with van der Waals surface area (Å²) in [5.74, 6) is 0.882. The van der Waals surface area contributed by atoms with E-state index in [1.165, 1.54) is 38.5 Å². The summed E-state index contributed by atoms with van der Waals surface area (Å²) in [7, 11) is 1.76. The number of ether oxygens (including phenoxy) is 1. The van der Waals surface area contributed by atoms with Gasteiger partial charge in [-0.2, -0.15) is 0 Å². The van der Waals surface area contributed by atoms with Gasteiger partial charge in [-0.05, 0) is 12.3 Å². The predicted octanol–water partition coefficient (Wildman–Crippen LogP) is 1.93. The monoisotopic (exact) mass is 171 g/mol. The smallest absolute Gasteiger partial charge is 0.0696 e.